The molecule has 0 unspecified atom stereocenters. The van der Waals surface area contributed by atoms with Gasteiger partial charge >= 0.3 is 0 Å². The first-order valence-corrected chi connectivity index (χ1v) is 9.51. The van der Waals surface area contributed by atoms with Crippen LogP contribution in [0, 0.1) is 0 Å². The zero-order chi connectivity index (χ0) is 20.8. The molecule has 6 nitrogen and oxygen atoms in total. The molecule has 148 valence electrons. The lowest BCUT2D eigenvalue weighted by Crippen LogP contribution is -2.24. The largest absolute Gasteiger partial charge is 0.348 e. The van der Waals surface area contributed by atoms with Crippen LogP contribution in [0.1, 0.15) is 26.3 Å². The zero-order valence-electron chi connectivity index (χ0n) is 16.2. The van der Waals surface area contributed by atoms with Gasteiger partial charge in [0.1, 0.15) is 0 Å². The number of anilines is 1. The Balaban J connectivity index is 1.43. The first-order valence-electron chi connectivity index (χ1n) is 9.51. The van der Waals surface area contributed by atoms with Crippen molar-refractivity contribution in [1.82, 2.24) is 14.9 Å². The van der Waals surface area contributed by atoms with Crippen LogP contribution < -0.4 is 10.6 Å². The minimum absolute atomic E-state index is 0.208. The third-order valence-electron chi connectivity index (χ3n) is 4.66. The summed E-state index contributed by atoms with van der Waals surface area (Å²) in [6, 6.07) is 22.1. The third-order valence-corrected chi connectivity index (χ3v) is 4.66. The Bertz CT molecular complexity index is 1140. The molecule has 2 heterocycles. The van der Waals surface area contributed by atoms with Gasteiger partial charge in [0.15, 0.2) is 0 Å². The summed E-state index contributed by atoms with van der Waals surface area (Å²) in [5.74, 6) is -0.426. The molecule has 0 aliphatic heterocycles. The number of benzene rings is 2. The van der Waals surface area contributed by atoms with Gasteiger partial charge in [-0.1, -0.05) is 18.2 Å². The van der Waals surface area contributed by atoms with E-state index in [4.69, 9.17) is 0 Å². The monoisotopic (exact) mass is 396 g/mol. The van der Waals surface area contributed by atoms with Crippen molar-refractivity contribution in [2.75, 3.05) is 5.32 Å². The molecule has 0 aliphatic carbocycles. The van der Waals surface area contributed by atoms with Crippen molar-refractivity contribution in [3.05, 3.63) is 114 Å². The van der Waals surface area contributed by atoms with Gasteiger partial charge < -0.3 is 15.2 Å². The van der Waals surface area contributed by atoms with Crippen molar-refractivity contribution < 1.29 is 9.59 Å². The number of nitrogens with zero attached hydrogens (tertiary/aromatic N) is 2. The van der Waals surface area contributed by atoms with E-state index < -0.39 is 0 Å². The molecule has 2 aromatic heterocycles. The molecule has 0 atom stereocenters. The van der Waals surface area contributed by atoms with Crippen molar-refractivity contribution in [2.45, 2.75) is 6.54 Å². The molecule has 0 saturated carbocycles. The maximum atomic E-state index is 12.7. The lowest BCUT2D eigenvalue weighted by Gasteiger charge is -2.12. The summed E-state index contributed by atoms with van der Waals surface area (Å²) in [6.45, 7) is 0.288. The first kappa shape index (κ1) is 19.1. The summed E-state index contributed by atoms with van der Waals surface area (Å²) in [7, 11) is 0. The van der Waals surface area contributed by atoms with E-state index in [1.54, 1.807) is 30.5 Å². The SMILES string of the molecule is O=C(NCc1ccccc1NC(=O)c1ccc(-n2cccc2)cc1)c1cccnc1. The smallest absolute Gasteiger partial charge is 0.255 e. The van der Waals surface area contributed by atoms with Crippen molar-refractivity contribution in [2.24, 2.45) is 0 Å². The summed E-state index contributed by atoms with van der Waals surface area (Å²) in [4.78, 5) is 28.9. The van der Waals surface area contributed by atoms with E-state index >= 15 is 0 Å². The topological polar surface area (TPSA) is 76.0 Å². The molecule has 0 spiro atoms. The highest BCUT2D eigenvalue weighted by molar-refractivity contribution is 6.04. The fraction of sp³-hybridized carbons (Fsp3) is 0.0417. The molecule has 30 heavy (non-hydrogen) atoms. The van der Waals surface area contributed by atoms with Gasteiger partial charge in [-0.05, 0) is 60.2 Å². The van der Waals surface area contributed by atoms with E-state index in [0.717, 1.165) is 11.3 Å². The standard InChI is InChI=1S/C24H20N4O2/c29-23(20-7-5-13-25-16-20)26-17-19-6-1-2-8-22(19)27-24(30)18-9-11-21(12-10-18)28-14-3-4-15-28/h1-16H,17H2,(H,26,29)(H,27,30). The van der Waals surface area contributed by atoms with Crippen LogP contribution in [-0.2, 0) is 6.54 Å². The Labute approximate surface area is 174 Å². The van der Waals surface area contributed by atoms with Crippen LogP contribution in [0.15, 0.2) is 97.6 Å². The Hall–Kier alpha value is -4.19. The lowest BCUT2D eigenvalue weighted by molar-refractivity contribution is 0.0950. The van der Waals surface area contributed by atoms with Gasteiger partial charge in [-0.25, -0.2) is 0 Å². The van der Waals surface area contributed by atoms with Gasteiger partial charge in [-0.15, -0.1) is 0 Å². The number of carbonyl (C=O) groups is 2. The van der Waals surface area contributed by atoms with Gasteiger partial charge in [0.25, 0.3) is 11.8 Å². The van der Waals surface area contributed by atoms with Crippen molar-refractivity contribution in [3.63, 3.8) is 0 Å². The Kier molecular flexibility index (Phi) is 5.66. The van der Waals surface area contributed by atoms with E-state index in [2.05, 4.69) is 15.6 Å². The van der Waals surface area contributed by atoms with Crippen molar-refractivity contribution in [1.29, 1.82) is 0 Å². The predicted molar refractivity (Wildman–Crippen MR) is 116 cm³/mol. The average molecular weight is 396 g/mol. The van der Waals surface area contributed by atoms with E-state index in [1.165, 1.54) is 6.20 Å². The molecule has 2 aromatic carbocycles. The van der Waals surface area contributed by atoms with Crippen LogP contribution in [0.4, 0.5) is 5.69 Å². The van der Waals surface area contributed by atoms with Crippen LogP contribution in [0.5, 0.6) is 0 Å². The Morgan fingerprint density at radius 3 is 2.30 bits per heavy atom. The molecule has 4 rings (SSSR count). The maximum absolute atomic E-state index is 12.7. The maximum Gasteiger partial charge on any atom is 0.255 e. The quantitative estimate of drug-likeness (QED) is 0.516. The third kappa shape index (κ3) is 4.44. The molecule has 4 aromatic rings. The number of hydrogen-bond acceptors (Lipinski definition) is 3. The molecule has 0 radical (unpaired) electrons. The number of nitrogens with one attached hydrogen (secondary N) is 2. The molecule has 0 saturated heterocycles. The second-order valence-electron chi connectivity index (χ2n) is 6.67. The Morgan fingerprint density at radius 2 is 1.57 bits per heavy atom. The lowest BCUT2D eigenvalue weighted by atomic mass is 10.1. The highest BCUT2D eigenvalue weighted by Crippen LogP contribution is 2.17. The van der Waals surface area contributed by atoms with Crippen LogP contribution in [0.2, 0.25) is 0 Å². The minimum Gasteiger partial charge on any atom is -0.348 e. The van der Waals surface area contributed by atoms with E-state index in [1.807, 2.05) is 65.5 Å². The summed E-state index contributed by atoms with van der Waals surface area (Å²) in [5.41, 5.74) is 3.49. The number of hydrogen-bond donors (Lipinski definition) is 2. The molecule has 2 amide bonds. The number of rotatable bonds is 6. The van der Waals surface area contributed by atoms with Crippen LogP contribution >= 0.6 is 0 Å². The predicted octanol–water partition coefficient (Wildman–Crippen LogP) is 4.05. The number of amides is 2. The highest BCUT2D eigenvalue weighted by Gasteiger charge is 2.11. The molecule has 2 N–H and O–H groups in total. The second kappa shape index (κ2) is 8.87. The fourth-order valence-corrected chi connectivity index (χ4v) is 3.06. The highest BCUT2D eigenvalue weighted by atomic mass is 16.2. The van der Waals surface area contributed by atoms with E-state index in [9.17, 15) is 9.59 Å². The molecular formula is C24H20N4O2. The Morgan fingerprint density at radius 1 is 0.800 bits per heavy atom. The average Bonchev–Trinajstić information content (AvgIpc) is 3.34. The fourth-order valence-electron chi connectivity index (χ4n) is 3.06. The van der Waals surface area contributed by atoms with Crippen LogP contribution in [0.3, 0.4) is 0 Å². The van der Waals surface area contributed by atoms with E-state index in [0.29, 0.717) is 16.8 Å². The molecule has 6 heteroatoms. The van der Waals surface area contributed by atoms with Crippen LogP contribution in [0.25, 0.3) is 5.69 Å². The molecule has 0 aliphatic rings. The summed E-state index contributed by atoms with van der Waals surface area (Å²) in [5, 5.41) is 5.79. The second-order valence-corrected chi connectivity index (χ2v) is 6.67. The number of aromatic nitrogens is 2. The zero-order valence-corrected chi connectivity index (χ0v) is 16.2. The van der Waals surface area contributed by atoms with Gasteiger partial charge in [0.05, 0.1) is 5.56 Å². The number of pyridine rings is 1. The van der Waals surface area contributed by atoms with Crippen molar-refractivity contribution in [3.8, 4) is 5.69 Å². The first-order chi connectivity index (χ1) is 14.7. The van der Waals surface area contributed by atoms with Crippen LogP contribution in [-0.4, -0.2) is 21.4 Å². The van der Waals surface area contributed by atoms with Gasteiger partial charge in [0, 0.05) is 48.3 Å². The summed E-state index contributed by atoms with van der Waals surface area (Å²) < 4.78 is 1.97. The van der Waals surface area contributed by atoms with Gasteiger partial charge in [0.2, 0.25) is 0 Å². The molecular weight excluding hydrogens is 376 g/mol. The normalized spacial score (nSPS) is 10.4. The number of carbonyl (C=O) groups excluding carboxylic acids is 2. The van der Waals surface area contributed by atoms with Gasteiger partial charge in [-0.3, -0.25) is 14.6 Å². The minimum atomic E-state index is -0.218. The molecule has 0 bridgehead atoms. The van der Waals surface area contributed by atoms with Crippen molar-refractivity contribution >= 4 is 17.5 Å². The summed E-state index contributed by atoms with van der Waals surface area (Å²) in [6.07, 6.45) is 7.03. The number of para-hydroxylation sites is 1. The molecule has 0 fully saturated rings. The van der Waals surface area contributed by atoms with E-state index in [-0.39, 0.29) is 18.4 Å². The van der Waals surface area contributed by atoms with Gasteiger partial charge in [-0.2, -0.15) is 0 Å². The summed E-state index contributed by atoms with van der Waals surface area (Å²) >= 11 is 0.